The van der Waals surface area contributed by atoms with Crippen LogP contribution in [0.5, 0.6) is 0 Å². The molecule has 0 radical (unpaired) electrons. The second-order valence-corrected chi connectivity index (χ2v) is 7.45. The van der Waals surface area contributed by atoms with Gasteiger partial charge in [0.1, 0.15) is 0 Å². The Hall–Kier alpha value is -2.78. The number of nitrogens with one attached hydrogen (secondary N) is 1. The predicted molar refractivity (Wildman–Crippen MR) is 99.5 cm³/mol. The maximum absolute atomic E-state index is 12.3. The third kappa shape index (κ3) is 4.44. The van der Waals surface area contributed by atoms with Gasteiger partial charge in [0.05, 0.1) is 22.1 Å². The average Bonchev–Trinajstić information content (AvgIpc) is 3.05. The summed E-state index contributed by atoms with van der Waals surface area (Å²) in [5.74, 6) is -0.389. The molecule has 0 aliphatic heterocycles. The molecule has 9 heteroatoms. The van der Waals surface area contributed by atoms with E-state index in [1.165, 1.54) is 29.2 Å². The molecule has 0 fully saturated rings. The Morgan fingerprint density at radius 3 is 2.85 bits per heavy atom. The van der Waals surface area contributed by atoms with Gasteiger partial charge in [-0.15, -0.1) is 11.3 Å². The number of nitro benzene ring substituents is 1. The van der Waals surface area contributed by atoms with Gasteiger partial charge in [-0.25, -0.2) is 4.98 Å². The van der Waals surface area contributed by atoms with Gasteiger partial charge in [0.15, 0.2) is 4.34 Å². The minimum absolute atomic E-state index is 0.117. The van der Waals surface area contributed by atoms with Crippen LogP contribution in [-0.2, 0) is 6.54 Å². The molecular weight excluding hydrogens is 372 g/mol. The molecule has 0 spiro atoms. The molecule has 1 amide bonds. The Labute approximate surface area is 157 Å². The molecule has 1 aromatic carbocycles. The van der Waals surface area contributed by atoms with E-state index in [9.17, 15) is 14.9 Å². The molecule has 0 aliphatic carbocycles. The van der Waals surface area contributed by atoms with Crippen molar-refractivity contribution in [2.45, 2.75) is 22.7 Å². The lowest BCUT2D eigenvalue weighted by molar-refractivity contribution is -0.387. The molecule has 0 aliphatic rings. The number of nitrogens with zero attached hydrogens (tertiary/aromatic N) is 3. The largest absolute Gasteiger partial charge is 0.346 e. The van der Waals surface area contributed by atoms with E-state index in [0.717, 1.165) is 10.0 Å². The first-order chi connectivity index (χ1) is 12.5. The van der Waals surface area contributed by atoms with Gasteiger partial charge in [-0.05, 0) is 31.2 Å². The summed E-state index contributed by atoms with van der Waals surface area (Å²) in [4.78, 5) is 32.1. The van der Waals surface area contributed by atoms with Crippen molar-refractivity contribution in [1.29, 1.82) is 0 Å². The lowest BCUT2D eigenvalue weighted by Crippen LogP contribution is -2.23. The lowest BCUT2D eigenvalue weighted by Gasteiger charge is -2.06. The second kappa shape index (κ2) is 8.07. The Morgan fingerprint density at radius 2 is 2.19 bits per heavy atom. The van der Waals surface area contributed by atoms with Crippen molar-refractivity contribution in [2.24, 2.45) is 0 Å². The number of thiazole rings is 1. The van der Waals surface area contributed by atoms with E-state index in [1.54, 1.807) is 30.5 Å². The van der Waals surface area contributed by atoms with Crippen molar-refractivity contribution in [1.82, 2.24) is 15.3 Å². The van der Waals surface area contributed by atoms with Crippen LogP contribution >= 0.6 is 23.1 Å². The van der Waals surface area contributed by atoms with Crippen molar-refractivity contribution in [2.75, 3.05) is 0 Å². The fourth-order valence-electron chi connectivity index (χ4n) is 2.14. The number of carbonyl (C=O) groups excluding carboxylic acids is 1. The van der Waals surface area contributed by atoms with Crippen LogP contribution in [0.4, 0.5) is 5.69 Å². The molecule has 0 bridgehead atoms. The molecule has 2 heterocycles. The Morgan fingerprint density at radius 1 is 1.35 bits per heavy atom. The molecule has 0 atom stereocenters. The summed E-state index contributed by atoms with van der Waals surface area (Å²) in [6.45, 7) is 2.12. The topological polar surface area (TPSA) is 98.0 Å². The highest BCUT2D eigenvalue weighted by molar-refractivity contribution is 8.01. The number of hydrogen-bond acceptors (Lipinski definition) is 7. The Bertz CT molecular complexity index is 944. The molecule has 3 rings (SSSR count). The van der Waals surface area contributed by atoms with Gasteiger partial charge in [0.2, 0.25) is 0 Å². The number of nitro groups is 1. The van der Waals surface area contributed by atoms with Gasteiger partial charge < -0.3 is 5.32 Å². The van der Waals surface area contributed by atoms with Crippen molar-refractivity contribution in [3.05, 3.63) is 75.0 Å². The smallest absolute Gasteiger partial charge is 0.284 e. The highest BCUT2D eigenvalue weighted by Crippen LogP contribution is 2.36. The van der Waals surface area contributed by atoms with E-state index in [-0.39, 0.29) is 23.7 Å². The number of hydrogen-bond donors (Lipinski definition) is 1. The predicted octanol–water partition coefficient (Wildman–Crippen LogP) is 3.84. The van der Waals surface area contributed by atoms with Gasteiger partial charge in [-0.2, -0.15) is 0 Å². The summed E-state index contributed by atoms with van der Waals surface area (Å²) in [5.41, 5.74) is 1.69. The number of pyridine rings is 1. The lowest BCUT2D eigenvalue weighted by atomic mass is 10.2. The van der Waals surface area contributed by atoms with E-state index in [2.05, 4.69) is 15.3 Å². The van der Waals surface area contributed by atoms with Crippen LogP contribution in [0.15, 0.2) is 57.2 Å². The van der Waals surface area contributed by atoms with Gasteiger partial charge in [-0.3, -0.25) is 19.9 Å². The van der Waals surface area contributed by atoms with Gasteiger partial charge in [0.25, 0.3) is 11.6 Å². The van der Waals surface area contributed by atoms with Crippen molar-refractivity contribution in [3.8, 4) is 0 Å². The summed E-state index contributed by atoms with van der Waals surface area (Å²) >= 11 is 2.64. The van der Waals surface area contributed by atoms with Crippen LogP contribution in [0.25, 0.3) is 0 Å². The van der Waals surface area contributed by atoms with Crippen LogP contribution in [-0.4, -0.2) is 20.8 Å². The molecule has 2 aromatic heterocycles. The van der Waals surface area contributed by atoms with Crippen molar-refractivity contribution >= 4 is 34.7 Å². The number of carbonyl (C=O) groups is 1. The van der Waals surface area contributed by atoms with Gasteiger partial charge in [0, 0.05) is 28.9 Å². The van der Waals surface area contributed by atoms with Gasteiger partial charge >= 0.3 is 0 Å². The fraction of sp³-hybridized carbons (Fsp3) is 0.118. The first-order valence-corrected chi connectivity index (χ1v) is 9.29. The average molecular weight is 386 g/mol. The Kier molecular flexibility index (Phi) is 5.59. The van der Waals surface area contributed by atoms with Crippen LogP contribution in [0.3, 0.4) is 0 Å². The molecule has 0 saturated heterocycles. The highest BCUT2D eigenvalue weighted by Gasteiger charge is 2.19. The molecule has 0 unspecified atom stereocenters. The molecule has 3 aromatic rings. The molecule has 26 heavy (non-hydrogen) atoms. The third-order valence-electron chi connectivity index (χ3n) is 3.37. The summed E-state index contributed by atoms with van der Waals surface area (Å²) in [5, 5.41) is 16.0. The van der Waals surface area contributed by atoms with E-state index in [1.807, 2.05) is 18.4 Å². The second-order valence-electron chi connectivity index (χ2n) is 5.30. The number of aromatic nitrogens is 2. The van der Waals surface area contributed by atoms with E-state index in [4.69, 9.17) is 0 Å². The van der Waals surface area contributed by atoms with E-state index in [0.29, 0.717) is 10.6 Å². The fourth-order valence-corrected chi connectivity index (χ4v) is 4.02. The summed E-state index contributed by atoms with van der Waals surface area (Å²) in [7, 11) is 0. The minimum Gasteiger partial charge on any atom is -0.346 e. The SMILES string of the molecule is Cc1csc(Sc2ccc(C(=O)NCc3ccccn3)cc2[N+](=O)[O-])n1. The molecule has 132 valence electrons. The first kappa shape index (κ1) is 18.0. The normalized spacial score (nSPS) is 10.5. The molecule has 7 nitrogen and oxygen atoms in total. The molecular formula is C17H14N4O3S2. The number of aryl methyl sites for hydroxylation is 1. The van der Waals surface area contributed by atoms with Crippen LogP contribution < -0.4 is 5.32 Å². The van der Waals surface area contributed by atoms with Gasteiger partial charge in [-0.1, -0.05) is 17.8 Å². The quantitative estimate of drug-likeness (QED) is 0.511. The zero-order valence-corrected chi connectivity index (χ0v) is 15.3. The van der Waals surface area contributed by atoms with Crippen molar-refractivity contribution in [3.63, 3.8) is 0 Å². The number of benzene rings is 1. The third-order valence-corrected chi connectivity index (χ3v) is 5.49. The monoisotopic (exact) mass is 386 g/mol. The zero-order valence-electron chi connectivity index (χ0n) is 13.7. The van der Waals surface area contributed by atoms with E-state index < -0.39 is 4.92 Å². The number of amides is 1. The Balaban J connectivity index is 1.77. The highest BCUT2D eigenvalue weighted by atomic mass is 32.2. The van der Waals surface area contributed by atoms with E-state index >= 15 is 0 Å². The molecule has 0 saturated carbocycles. The van der Waals surface area contributed by atoms with Crippen LogP contribution in [0.2, 0.25) is 0 Å². The van der Waals surface area contributed by atoms with Crippen molar-refractivity contribution < 1.29 is 9.72 Å². The van der Waals surface area contributed by atoms with Crippen LogP contribution in [0, 0.1) is 17.0 Å². The minimum atomic E-state index is -0.488. The first-order valence-electron chi connectivity index (χ1n) is 7.59. The molecule has 1 N–H and O–H groups in total. The maximum Gasteiger partial charge on any atom is 0.284 e. The standard InChI is InChI=1S/C17H14N4O3S2/c1-11-10-25-17(20-11)26-15-6-5-12(8-14(15)21(23)24)16(22)19-9-13-4-2-3-7-18-13/h2-8,10H,9H2,1H3,(H,19,22). The summed E-state index contributed by atoms with van der Waals surface area (Å²) in [6.07, 6.45) is 1.64. The zero-order chi connectivity index (χ0) is 18.5. The maximum atomic E-state index is 12.3. The summed E-state index contributed by atoms with van der Waals surface area (Å²) in [6, 6.07) is 9.84. The number of rotatable bonds is 6. The summed E-state index contributed by atoms with van der Waals surface area (Å²) < 4.78 is 0.720. The van der Waals surface area contributed by atoms with Crippen LogP contribution in [0.1, 0.15) is 21.7 Å².